The number of anilines is 2. The second kappa shape index (κ2) is 9.13. The first kappa shape index (κ1) is 22.0. The minimum absolute atomic E-state index is 0.00301. The second-order valence-corrected chi connectivity index (χ2v) is 8.01. The van der Waals surface area contributed by atoms with E-state index in [0.29, 0.717) is 24.5 Å². The lowest BCUT2D eigenvalue weighted by Crippen LogP contribution is -2.55. The maximum atomic E-state index is 14.3. The quantitative estimate of drug-likeness (QED) is 0.561. The Morgan fingerprint density at radius 3 is 2.56 bits per heavy atom. The Bertz CT molecular complexity index is 1080. The average molecular weight is 443 g/mol. The van der Waals surface area contributed by atoms with Crippen LogP contribution in [0.3, 0.4) is 0 Å². The van der Waals surface area contributed by atoms with Crippen LogP contribution in [0.25, 0.3) is 11.3 Å². The van der Waals surface area contributed by atoms with Gasteiger partial charge in [-0.05, 0) is 30.3 Å². The first-order valence-electron chi connectivity index (χ1n) is 10.3. The first-order chi connectivity index (χ1) is 15.3. The van der Waals surface area contributed by atoms with E-state index in [1.807, 2.05) is 13.0 Å². The highest BCUT2D eigenvalue weighted by atomic mass is 19.1. The minimum Gasteiger partial charge on any atom is -0.391 e. The fourth-order valence-electron chi connectivity index (χ4n) is 3.98. The Balaban J connectivity index is 1.57. The van der Waals surface area contributed by atoms with Gasteiger partial charge in [-0.25, -0.2) is 18.2 Å². The highest BCUT2D eigenvalue weighted by molar-refractivity contribution is 5.69. The number of pyridine rings is 2. The monoisotopic (exact) mass is 443 g/mol. The zero-order valence-electron chi connectivity index (χ0n) is 17.5. The van der Waals surface area contributed by atoms with Crippen LogP contribution in [0, 0.1) is 23.4 Å². The van der Waals surface area contributed by atoms with Crippen molar-refractivity contribution in [3.8, 4) is 11.3 Å². The predicted octanol–water partition coefficient (Wildman–Crippen LogP) is 3.32. The van der Waals surface area contributed by atoms with Crippen molar-refractivity contribution in [2.75, 3.05) is 23.3 Å². The lowest BCUT2D eigenvalue weighted by atomic mass is 9.92. The van der Waals surface area contributed by atoms with Crippen molar-refractivity contribution >= 4 is 11.4 Å². The molecule has 2 aromatic heterocycles. The highest BCUT2D eigenvalue weighted by Gasteiger charge is 2.31. The van der Waals surface area contributed by atoms with Crippen LogP contribution < -0.4 is 16.0 Å². The largest absolute Gasteiger partial charge is 0.391 e. The Hall–Kier alpha value is -3.17. The van der Waals surface area contributed by atoms with E-state index in [4.69, 9.17) is 5.73 Å². The molecular formula is C23H24F3N5O. The summed E-state index contributed by atoms with van der Waals surface area (Å²) in [5, 5.41) is 13.4. The molecule has 0 radical (unpaired) electrons. The maximum Gasteiger partial charge on any atom is 0.149 e. The van der Waals surface area contributed by atoms with Crippen LogP contribution >= 0.6 is 0 Å². The molecule has 4 rings (SSSR count). The van der Waals surface area contributed by atoms with Crippen molar-refractivity contribution in [2.24, 2.45) is 11.7 Å². The summed E-state index contributed by atoms with van der Waals surface area (Å²) in [5.74, 6) is -2.57. The van der Waals surface area contributed by atoms with Gasteiger partial charge in [0, 0.05) is 31.2 Å². The summed E-state index contributed by atoms with van der Waals surface area (Å²) in [6, 6.07) is 7.40. The fourth-order valence-corrected chi connectivity index (χ4v) is 3.98. The van der Waals surface area contributed by atoms with Gasteiger partial charge in [0.25, 0.3) is 0 Å². The molecule has 0 spiro atoms. The van der Waals surface area contributed by atoms with Crippen molar-refractivity contribution in [1.29, 1.82) is 0 Å². The molecule has 3 atom stereocenters. The van der Waals surface area contributed by atoms with E-state index in [2.05, 4.69) is 20.2 Å². The number of aliphatic hydroxyl groups excluding tert-OH is 1. The Labute approximate surface area is 183 Å². The number of nitrogens with zero attached hydrogens (tertiary/aromatic N) is 3. The standard InChI is InChI=1S/C23H24F3N5O/c1-13-11-31(12-18(27)23(13)32)20-7-8-28-10-19(20)29-9-14-5-6-17(26)22(30-14)21-15(24)3-2-4-16(21)25/h2-8,10,13,18,23,29,32H,9,11-12,27H2,1H3. The van der Waals surface area contributed by atoms with Gasteiger partial charge < -0.3 is 21.1 Å². The number of rotatable bonds is 5. The molecule has 9 heteroatoms. The first-order valence-corrected chi connectivity index (χ1v) is 10.3. The van der Waals surface area contributed by atoms with E-state index >= 15 is 0 Å². The van der Waals surface area contributed by atoms with E-state index in [1.54, 1.807) is 12.4 Å². The smallest absolute Gasteiger partial charge is 0.149 e. The summed E-state index contributed by atoms with van der Waals surface area (Å²) in [6.45, 7) is 3.23. The highest BCUT2D eigenvalue weighted by Crippen LogP contribution is 2.30. The van der Waals surface area contributed by atoms with Gasteiger partial charge in [-0.3, -0.25) is 4.98 Å². The summed E-state index contributed by atoms with van der Waals surface area (Å²) in [4.78, 5) is 10.4. The zero-order valence-corrected chi connectivity index (χ0v) is 17.5. The Morgan fingerprint density at radius 2 is 1.84 bits per heavy atom. The lowest BCUT2D eigenvalue weighted by molar-refractivity contribution is 0.0785. The van der Waals surface area contributed by atoms with Crippen molar-refractivity contribution in [3.05, 3.63) is 71.9 Å². The number of halogens is 3. The van der Waals surface area contributed by atoms with Gasteiger partial charge in [0.1, 0.15) is 23.1 Å². The molecule has 3 heterocycles. The van der Waals surface area contributed by atoms with Crippen LogP contribution in [-0.2, 0) is 6.54 Å². The van der Waals surface area contributed by atoms with E-state index in [0.717, 1.165) is 23.9 Å². The molecule has 0 amide bonds. The number of aliphatic hydroxyl groups is 1. The lowest BCUT2D eigenvalue weighted by Gasteiger charge is -2.40. The SMILES string of the molecule is CC1CN(c2ccncc2NCc2ccc(F)c(-c3c(F)cccc3F)n2)CC(N)C1O. The number of hydrogen-bond acceptors (Lipinski definition) is 6. The van der Waals surface area contributed by atoms with Gasteiger partial charge in [0.15, 0.2) is 0 Å². The number of nitrogens with two attached hydrogens (primary N) is 1. The van der Waals surface area contributed by atoms with Crippen LogP contribution in [0.4, 0.5) is 24.5 Å². The van der Waals surface area contributed by atoms with Crippen LogP contribution in [0.5, 0.6) is 0 Å². The number of nitrogens with one attached hydrogen (secondary N) is 1. The van der Waals surface area contributed by atoms with E-state index in [9.17, 15) is 18.3 Å². The Kier molecular flexibility index (Phi) is 6.29. The zero-order chi connectivity index (χ0) is 22.8. The molecule has 3 aromatic rings. The molecule has 4 N–H and O–H groups in total. The van der Waals surface area contributed by atoms with Crippen LogP contribution in [0.2, 0.25) is 0 Å². The third-order valence-corrected chi connectivity index (χ3v) is 5.66. The van der Waals surface area contributed by atoms with Gasteiger partial charge in [-0.2, -0.15) is 0 Å². The molecule has 0 aliphatic carbocycles. The molecule has 6 nitrogen and oxygen atoms in total. The van der Waals surface area contributed by atoms with Crippen LogP contribution in [0.15, 0.2) is 48.8 Å². The van der Waals surface area contributed by atoms with E-state index in [1.165, 1.54) is 12.1 Å². The van der Waals surface area contributed by atoms with E-state index in [-0.39, 0.29) is 24.2 Å². The van der Waals surface area contributed by atoms with Crippen LogP contribution in [-0.4, -0.2) is 40.3 Å². The summed E-state index contributed by atoms with van der Waals surface area (Å²) in [7, 11) is 0. The normalized spacial score (nSPS) is 20.9. The van der Waals surface area contributed by atoms with Crippen molar-refractivity contribution < 1.29 is 18.3 Å². The minimum atomic E-state index is -0.881. The number of benzene rings is 1. The van der Waals surface area contributed by atoms with Crippen LogP contribution in [0.1, 0.15) is 12.6 Å². The summed E-state index contributed by atoms with van der Waals surface area (Å²) < 4.78 is 42.6. The Morgan fingerprint density at radius 1 is 1.09 bits per heavy atom. The topological polar surface area (TPSA) is 87.3 Å². The number of piperidine rings is 1. The second-order valence-electron chi connectivity index (χ2n) is 8.01. The molecule has 168 valence electrons. The fraction of sp³-hybridized carbons (Fsp3) is 0.304. The third kappa shape index (κ3) is 4.39. The molecule has 1 aliphatic rings. The van der Waals surface area contributed by atoms with E-state index < -0.39 is 29.1 Å². The van der Waals surface area contributed by atoms with Crippen molar-refractivity contribution in [2.45, 2.75) is 25.6 Å². The molecular weight excluding hydrogens is 419 g/mol. The van der Waals surface area contributed by atoms with Crippen molar-refractivity contribution in [1.82, 2.24) is 9.97 Å². The number of aromatic nitrogens is 2. The molecule has 1 saturated heterocycles. The maximum absolute atomic E-state index is 14.3. The molecule has 32 heavy (non-hydrogen) atoms. The van der Waals surface area contributed by atoms with Gasteiger partial charge in [0.2, 0.25) is 0 Å². The molecule has 1 fully saturated rings. The molecule has 1 aromatic carbocycles. The summed E-state index contributed by atoms with van der Waals surface area (Å²) in [5.41, 5.74) is 7.17. The molecule has 0 saturated carbocycles. The summed E-state index contributed by atoms with van der Waals surface area (Å²) in [6.07, 6.45) is 2.75. The predicted molar refractivity (Wildman–Crippen MR) is 116 cm³/mol. The third-order valence-electron chi connectivity index (χ3n) is 5.66. The summed E-state index contributed by atoms with van der Waals surface area (Å²) >= 11 is 0. The average Bonchev–Trinajstić information content (AvgIpc) is 2.77. The van der Waals surface area contributed by atoms with Gasteiger partial charge in [0.05, 0.1) is 41.5 Å². The van der Waals surface area contributed by atoms with Gasteiger partial charge in [-0.15, -0.1) is 0 Å². The van der Waals surface area contributed by atoms with Crippen molar-refractivity contribution in [3.63, 3.8) is 0 Å². The molecule has 3 unspecified atom stereocenters. The van der Waals surface area contributed by atoms with Gasteiger partial charge in [-0.1, -0.05) is 13.0 Å². The molecule has 0 bridgehead atoms. The molecule has 1 aliphatic heterocycles. The van der Waals surface area contributed by atoms with Gasteiger partial charge >= 0.3 is 0 Å². The number of hydrogen-bond donors (Lipinski definition) is 3.